The smallest absolute Gasteiger partial charge is 0.260 e. The summed E-state index contributed by atoms with van der Waals surface area (Å²) in [5.74, 6) is 0.837. The van der Waals surface area contributed by atoms with E-state index in [9.17, 15) is 4.79 Å². The number of carbonyl (C=O) groups is 1. The summed E-state index contributed by atoms with van der Waals surface area (Å²) in [4.78, 5) is 17.6. The Bertz CT molecular complexity index is 315. The fraction of sp³-hybridized carbons (Fsp3) is 0.933. The van der Waals surface area contributed by atoms with E-state index < -0.39 is 0 Å². The number of hydroxylamine groups is 1. The molecule has 0 bridgehead atoms. The van der Waals surface area contributed by atoms with Crippen LogP contribution in [0, 0.1) is 5.92 Å². The Labute approximate surface area is 115 Å². The molecule has 19 heavy (non-hydrogen) atoms. The van der Waals surface area contributed by atoms with Crippen molar-refractivity contribution in [1.82, 2.24) is 10.8 Å². The summed E-state index contributed by atoms with van der Waals surface area (Å²) < 4.78 is 0. The first kappa shape index (κ1) is 13.4. The fourth-order valence-corrected chi connectivity index (χ4v) is 3.92. The van der Waals surface area contributed by atoms with Crippen LogP contribution in [-0.2, 0) is 9.63 Å². The van der Waals surface area contributed by atoms with Crippen molar-refractivity contribution in [3.05, 3.63) is 0 Å². The lowest BCUT2D eigenvalue weighted by Gasteiger charge is -2.39. The second kappa shape index (κ2) is 6.23. The van der Waals surface area contributed by atoms with Crippen molar-refractivity contribution in [2.45, 2.75) is 82.4 Å². The van der Waals surface area contributed by atoms with Gasteiger partial charge in [-0.05, 0) is 44.4 Å². The molecule has 1 amide bonds. The van der Waals surface area contributed by atoms with Gasteiger partial charge in [0.05, 0.1) is 12.1 Å². The third-order valence-electron chi connectivity index (χ3n) is 5.10. The topological polar surface area (TPSA) is 50.4 Å². The van der Waals surface area contributed by atoms with Crippen molar-refractivity contribution in [2.75, 3.05) is 0 Å². The molecule has 0 aromatic carbocycles. The van der Waals surface area contributed by atoms with Crippen LogP contribution < -0.4 is 10.8 Å². The zero-order valence-corrected chi connectivity index (χ0v) is 11.7. The van der Waals surface area contributed by atoms with Gasteiger partial charge in [-0.2, -0.15) is 0 Å². The molecule has 0 aromatic rings. The number of nitrogens with one attached hydrogen (secondary N) is 2. The van der Waals surface area contributed by atoms with Crippen LogP contribution in [0.1, 0.15) is 64.2 Å². The molecule has 1 aliphatic heterocycles. The first-order chi connectivity index (χ1) is 9.33. The summed E-state index contributed by atoms with van der Waals surface area (Å²) in [5.41, 5.74) is 2.69. The average Bonchev–Trinajstić information content (AvgIpc) is 2.97. The Morgan fingerprint density at radius 2 is 1.68 bits per heavy atom. The monoisotopic (exact) mass is 266 g/mol. The molecule has 108 valence electrons. The van der Waals surface area contributed by atoms with Crippen LogP contribution in [0.5, 0.6) is 0 Å². The maximum Gasteiger partial charge on any atom is 0.260 e. The summed E-state index contributed by atoms with van der Waals surface area (Å²) >= 11 is 0. The van der Waals surface area contributed by atoms with Crippen molar-refractivity contribution >= 4 is 5.91 Å². The van der Waals surface area contributed by atoms with E-state index in [1.807, 2.05) is 0 Å². The van der Waals surface area contributed by atoms with Gasteiger partial charge in [0.15, 0.2) is 0 Å². The Morgan fingerprint density at radius 1 is 0.947 bits per heavy atom. The standard InChI is InChI=1S/C15H26N2O2/c18-15(17-19-12-6-2-3-7-12)14-10-9-11-5-1-4-8-13(11)16-14/h11-14,16H,1-10H2,(H,17,18). The number of rotatable bonds is 3. The largest absolute Gasteiger partial charge is 0.303 e. The van der Waals surface area contributed by atoms with Gasteiger partial charge in [0, 0.05) is 6.04 Å². The van der Waals surface area contributed by atoms with Crippen LogP contribution in [0.2, 0.25) is 0 Å². The Morgan fingerprint density at radius 3 is 2.53 bits per heavy atom. The molecule has 0 spiro atoms. The maximum absolute atomic E-state index is 12.1. The van der Waals surface area contributed by atoms with Crippen LogP contribution in [0.4, 0.5) is 0 Å². The second-order valence-corrected chi connectivity index (χ2v) is 6.44. The molecule has 1 heterocycles. The number of carbonyl (C=O) groups excluding carboxylic acids is 1. The van der Waals surface area contributed by atoms with E-state index in [0.29, 0.717) is 6.04 Å². The van der Waals surface area contributed by atoms with Crippen LogP contribution in [0.25, 0.3) is 0 Å². The molecule has 4 heteroatoms. The summed E-state index contributed by atoms with van der Waals surface area (Å²) in [7, 11) is 0. The minimum absolute atomic E-state index is 0.0379. The van der Waals surface area contributed by atoms with Gasteiger partial charge >= 0.3 is 0 Å². The van der Waals surface area contributed by atoms with Gasteiger partial charge in [-0.15, -0.1) is 0 Å². The first-order valence-corrected chi connectivity index (χ1v) is 8.04. The van der Waals surface area contributed by atoms with Gasteiger partial charge in [-0.3, -0.25) is 9.63 Å². The fourth-order valence-electron chi connectivity index (χ4n) is 3.92. The van der Waals surface area contributed by atoms with E-state index in [1.54, 1.807) is 0 Å². The molecule has 3 aliphatic rings. The molecule has 4 nitrogen and oxygen atoms in total. The van der Waals surface area contributed by atoms with E-state index in [0.717, 1.165) is 25.2 Å². The molecule has 3 unspecified atom stereocenters. The van der Waals surface area contributed by atoms with Gasteiger partial charge in [0.2, 0.25) is 0 Å². The highest BCUT2D eigenvalue weighted by molar-refractivity contribution is 5.80. The number of fused-ring (bicyclic) bond motifs is 1. The number of piperidine rings is 1. The number of hydrogen-bond acceptors (Lipinski definition) is 3. The van der Waals surface area contributed by atoms with E-state index in [2.05, 4.69) is 10.8 Å². The zero-order valence-electron chi connectivity index (χ0n) is 11.7. The second-order valence-electron chi connectivity index (χ2n) is 6.44. The minimum atomic E-state index is -0.0410. The molecule has 3 rings (SSSR count). The summed E-state index contributed by atoms with van der Waals surface area (Å²) in [6.45, 7) is 0. The molecule has 0 aromatic heterocycles. The highest BCUT2D eigenvalue weighted by Gasteiger charge is 2.34. The lowest BCUT2D eigenvalue weighted by atomic mass is 9.78. The van der Waals surface area contributed by atoms with Gasteiger partial charge in [-0.25, -0.2) is 5.48 Å². The third kappa shape index (κ3) is 3.29. The number of hydrogen-bond donors (Lipinski definition) is 2. The SMILES string of the molecule is O=C(NOC1CCCC1)C1CCC2CCCCC2N1. The highest BCUT2D eigenvalue weighted by atomic mass is 16.7. The molecule has 2 saturated carbocycles. The van der Waals surface area contributed by atoms with Crippen LogP contribution in [-0.4, -0.2) is 24.1 Å². The quantitative estimate of drug-likeness (QED) is 0.771. The maximum atomic E-state index is 12.1. The Hall–Kier alpha value is -0.610. The van der Waals surface area contributed by atoms with Crippen molar-refractivity contribution in [3.63, 3.8) is 0 Å². The predicted molar refractivity (Wildman–Crippen MR) is 73.4 cm³/mol. The predicted octanol–water partition coefficient (Wildman–Crippen LogP) is 2.29. The van der Waals surface area contributed by atoms with Crippen LogP contribution in [0.3, 0.4) is 0 Å². The van der Waals surface area contributed by atoms with Gasteiger partial charge < -0.3 is 5.32 Å². The highest BCUT2D eigenvalue weighted by Crippen LogP contribution is 2.32. The molecule has 3 atom stereocenters. The summed E-state index contributed by atoms with van der Waals surface area (Å²) in [6.07, 6.45) is 12.3. The molecule has 1 saturated heterocycles. The molecule has 2 aliphatic carbocycles. The van der Waals surface area contributed by atoms with Crippen molar-refractivity contribution < 1.29 is 9.63 Å². The van der Waals surface area contributed by atoms with E-state index in [-0.39, 0.29) is 18.1 Å². The normalized spacial score (nSPS) is 35.9. The number of amides is 1. The average molecular weight is 266 g/mol. The molecule has 0 radical (unpaired) electrons. The first-order valence-electron chi connectivity index (χ1n) is 8.04. The minimum Gasteiger partial charge on any atom is -0.303 e. The van der Waals surface area contributed by atoms with Crippen LogP contribution >= 0.6 is 0 Å². The Balaban J connectivity index is 1.44. The van der Waals surface area contributed by atoms with Gasteiger partial charge in [-0.1, -0.05) is 25.7 Å². The van der Waals surface area contributed by atoms with Crippen molar-refractivity contribution in [3.8, 4) is 0 Å². The third-order valence-corrected chi connectivity index (χ3v) is 5.10. The summed E-state index contributed by atoms with van der Waals surface area (Å²) in [5, 5.41) is 3.54. The molecule has 3 fully saturated rings. The Kier molecular flexibility index (Phi) is 4.38. The zero-order chi connectivity index (χ0) is 13.1. The lowest BCUT2D eigenvalue weighted by molar-refractivity contribution is -0.141. The van der Waals surface area contributed by atoms with E-state index >= 15 is 0 Å². The molecular formula is C15H26N2O2. The lowest BCUT2D eigenvalue weighted by Crippen LogP contribution is -2.55. The van der Waals surface area contributed by atoms with Crippen molar-refractivity contribution in [2.24, 2.45) is 5.92 Å². The van der Waals surface area contributed by atoms with E-state index in [4.69, 9.17) is 4.84 Å². The molecule has 2 N–H and O–H groups in total. The van der Waals surface area contributed by atoms with Gasteiger partial charge in [0.25, 0.3) is 5.91 Å². The van der Waals surface area contributed by atoms with Crippen molar-refractivity contribution in [1.29, 1.82) is 0 Å². The summed E-state index contributed by atoms with van der Waals surface area (Å²) in [6, 6.07) is 0.519. The molecular weight excluding hydrogens is 240 g/mol. The van der Waals surface area contributed by atoms with E-state index in [1.165, 1.54) is 44.9 Å². The van der Waals surface area contributed by atoms with Gasteiger partial charge in [0.1, 0.15) is 0 Å². The van der Waals surface area contributed by atoms with Crippen LogP contribution in [0.15, 0.2) is 0 Å².